The molecule has 2 atom stereocenters. The van der Waals surface area contributed by atoms with Gasteiger partial charge in [0.2, 0.25) is 0 Å². The summed E-state index contributed by atoms with van der Waals surface area (Å²) in [6.45, 7) is 5.79. The molecule has 24 heavy (non-hydrogen) atoms. The summed E-state index contributed by atoms with van der Waals surface area (Å²) in [5, 5.41) is 3.63. The van der Waals surface area contributed by atoms with Crippen LogP contribution in [-0.4, -0.2) is 31.1 Å². The molecule has 0 bridgehead atoms. The maximum Gasteiger partial charge on any atom is 0.0233 e. The van der Waals surface area contributed by atoms with Gasteiger partial charge in [0, 0.05) is 30.0 Å². The fourth-order valence-corrected chi connectivity index (χ4v) is 5.04. The largest absolute Gasteiger partial charge is 0.316 e. The molecule has 4 rings (SSSR count). The maximum absolute atomic E-state index is 3.65. The third-order valence-corrected chi connectivity index (χ3v) is 6.35. The first kappa shape index (κ1) is 16.3. The normalized spacial score (nSPS) is 27.6. The Kier molecular flexibility index (Phi) is 4.75. The molecule has 2 aromatic carbocycles. The highest BCUT2D eigenvalue weighted by atomic mass is 79.9. The van der Waals surface area contributed by atoms with Gasteiger partial charge in [0.05, 0.1) is 0 Å². The molecule has 1 spiro atoms. The van der Waals surface area contributed by atoms with Crippen molar-refractivity contribution in [3.8, 4) is 0 Å². The number of rotatable bonds is 3. The lowest BCUT2D eigenvalue weighted by Gasteiger charge is -2.42. The Hall–Kier alpha value is -1.16. The van der Waals surface area contributed by atoms with E-state index < -0.39 is 0 Å². The first-order chi connectivity index (χ1) is 11.8. The van der Waals surface area contributed by atoms with E-state index in [1.165, 1.54) is 41.5 Å². The number of likely N-dealkylation sites (tertiary alicyclic amines) is 1. The van der Waals surface area contributed by atoms with Crippen LogP contribution in [0.25, 0.3) is 0 Å². The summed E-state index contributed by atoms with van der Waals surface area (Å²) in [5.74, 6) is 0.615. The highest BCUT2D eigenvalue weighted by molar-refractivity contribution is 9.10. The van der Waals surface area contributed by atoms with E-state index in [4.69, 9.17) is 0 Å². The minimum atomic E-state index is 0.431. The number of halogens is 1. The summed E-state index contributed by atoms with van der Waals surface area (Å²) in [7, 11) is 0. The van der Waals surface area contributed by atoms with Crippen LogP contribution in [0.15, 0.2) is 59.1 Å². The Morgan fingerprint density at radius 1 is 1.08 bits per heavy atom. The van der Waals surface area contributed by atoms with Crippen LogP contribution in [0.1, 0.15) is 29.9 Å². The van der Waals surface area contributed by atoms with E-state index >= 15 is 0 Å². The van der Waals surface area contributed by atoms with Crippen molar-refractivity contribution in [1.29, 1.82) is 0 Å². The fourth-order valence-electron chi connectivity index (χ4n) is 4.62. The molecule has 0 aliphatic carbocycles. The molecule has 2 aliphatic heterocycles. The van der Waals surface area contributed by atoms with Gasteiger partial charge in [-0.1, -0.05) is 58.4 Å². The predicted octanol–water partition coefficient (Wildman–Crippen LogP) is 4.42. The van der Waals surface area contributed by atoms with Crippen molar-refractivity contribution in [3.05, 3.63) is 70.2 Å². The summed E-state index contributed by atoms with van der Waals surface area (Å²) in [6.07, 6.45) is 2.61. The smallest absolute Gasteiger partial charge is 0.0233 e. The van der Waals surface area contributed by atoms with Crippen molar-refractivity contribution >= 4 is 15.9 Å². The highest BCUT2D eigenvalue weighted by Gasteiger charge is 2.46. The molecule has 2 saturated heterocycles. The van der Waals surface area contributed by atoms with Crippen LogP contribution in [-0.2, 0) is 6.54 Å². The molecule has 0 radical (unpaired) electrons. The fraction of sp³-hybridized carbons (Fsp3) is 0.429. The van der Waals surface area contributed by atoms with Gasteiger partial charge in [-0.05, 0) is 54.6 Å². The summed E-state index contributed by atoms with van der Waals surface area (Å²) in [4.78, 5) is 2.66. The second kappa shape index (κ2) is 6.99. The predicted molar refractivity (Wildman–Crippen MR) is 103 cm³/mol. The van der Waals surface area contributed by atoms with Crippen LogP contribution < -0.4 is 5.32 Å². The molecule has 2 unspecified atom stereocenters. The van der Waals surface area contributed by atoms with Crippen molar-refractivity contribution < 1.29 is 0 Å². The number of hydrogen-bond donors (Lipinski definition) is 1. The summed E-state index contributed by atoms with van der Waals surface area (Å²) in [5.41, 5.74) is 3.35. The second-order valence-electron chi connectivity index (χ2n) is 7.37. The van der Waals surface area contributed by atoms with Gasteiger partial charge in [0.25, 0.3) is 0 Å². The molecule has 126 valence electrons. The Morgan fingerprint density at radius 2 is 1.96 bits per heavy atom. The number of nitrogens with zero attached hydrogens (tertiary/aromatic N) is 1. The molecular weight excluding hydrogens is 360 g/mol. The van der Waals surface area contributed by atoms with Crippen molar-refractivity contribution in [2.45, 2.75) is 25.3 Å². The molecule has 1 N–H and O–H groups in total. The van der Waals surface area contributed by atoms with Crippen LogP contribution in [0.4, 0.5) is 0 Å². The van der Waals surface area contributed by atoms with E-state index in [1.807, 2.05) is 0 Å². The molecule has 0 amide bonds. The molecule has 0 aromatic heterocycles. The summed E-state index contributed by atoms with van der Waals surface area (Å²) < 4.78 is 1.19. The Balaban J connectivity index is 1.54. The standard InChI is InChI=1S/C21H25BrN2/c22-19-8-4-7-18(13-19)20-14-23-11-9-21(20)10-12-24(16-21)15-17-5-2-1-3-6-17/h1-8,13,20,23H,9-12,14-16H2. The Labute approximate surface area is 153 Å². The van der Waals surface area contributed by atoms with Crippen LogP contribution in [0.5, 0.6) is 0 Å². The summed E-state index contributed by atoms with van der Waals surface area (Å²) >= 11 is 3.65. The zero-order chi connectivity index (χ0) is 16.4. The van der Waals surface area contributed by atoms with Gasteiger partial charge in [0.1, 0.15) is 0 Å². The Bertz CT molecular complexity index is 687. The SMILES string of the molecule is Brc1cccc(C2CNCCC23CCN(Cc2ccccc2)C3)c1. The van der Waals surface area contributed by atoms with Crippen LogP contribution in [0.2, 0.25) is 0 Å². The van der Waals surface area contributed by atoms with Gasteiger partial charge in [-0.25, -0.2) is 0 Å². The topological polar surface area (TPSA) is 15.3 Å². The van der Waals surface area contributed by atoms with Crippen molar-refractivity contribution in [2.75, 3.05) is 26.2 Å². The van der Waals surface area contributed by atoms with Crippen molar-refractivity contribution in [1.82, 2.24) is 10.2 Å². The first-order valence-electron chi connectivity index (χ1n) is 8.98. The molecule has 0 saturated carbocycles. The minimum Gasteiger partial charge on any atom is -0.316 e. The van der Waals surface area contributed by atoms with Gasteiger partial charge in [-0.15, -0.1) is 0 Å². The molecule has 2 heterocycles. The van der Waals surface area contributed by atoms with E-state index in [0.717, 1.165) is 19.6 Å². The first-order valence-corrected chi connectivity index (χ1v) is 9.77. The van der Waals surface area contributed by atoms with Crippen molar-refractivity contribution in [3.63, 3.8) is 0 Å². The average molecular weight is 385 g/mol. The third-order valence-electron chi connectivity index (χ3n) is 5.85. The molecule has 2 fully saturated rings. The lowest BCUT2D eigenvalue weighted by Crippen LogP contribution is -2.45. The van der Waals surface area contributed by atoms with E-state index in [0.29, 0.717) is 11.3 Å². The maximum atomic E-state index is 3.65. The zero-order valence-electron chi connectivity index (χ0n) is 14.0. The van der Waals surface area contributed by atoms with E-state index in [2.05, 4.69) is 80.7 Å². The number of hydrogen-bond acceptors (Lipinski definition) is 2. The average Bonchev–Trinajstić information content (AvgIpc) is 2.99. The van der Waals surface area contributed by atoms with Gasteiger partial charge in [-0.2, -0.15) is 0 Å². The van der Waals surface area contributed by atoms with Gasteiger partial charge in [0.15, 0.2) is 0 Å². The van der Waals surface area contributed by atoms with E-state index in [9.17, 15) is 0 Å². The van der Waals surface area contributed by atoms with Gasteiger partial charge in [-0.3, -0.25) is 4.90 Å². The van der Waals surface area contributed by atoms with E-state index in [1.54, 1.807) is 0 Å². The second-order valence-corrected chi connectivity index (χ2v) is 8.29. The number of benzene rings is 2. The summed E-state index contributed by atoms with van der Waals surface area (Å²) in [6, 6.07) is 19.8. The Morgan fingerprint density at radius 3 is 2.79 bits per heavy atom. The number of piperidine rings is 1. The van der Waals surface area contributed by atoms with Crippen LogP contribution in [0, 0.1) is 5.41 Å². The molecular formula is C21H25BrN2. The third kappa shape index (κ3) is 3.30. The monoisotopic (exact) mass is 384 g/mol. The quantitative estimate of drug-likeness (QED) is 0.842. The molecule has 2 nitrogen and oxygen atoms in total. The minimum absolute atomic E-state index is 0.431. The highest BCUT2D eigenvalue weighted by Crippen LogP contribution is 2.48. The number of nitrogens with one attached hydrogen (secondary N) is 1. The van der Waals surface area contributed by atoms with E-state index in [-0.39, 0.29) is 0 Å². The zero-order valence-corrected chi connectivity index (χ0v) is 15.6. The van der Waals surface area contributed by atoms with Crippen LogP contribution in [0.3, 0.4) is 0 Å². The lowest BCUT2D eigenvalue weighted by molar-refractivity contribution is 0.161. The van der Waals surface area contributed by atoms with Crippen molar-refractivity contribution in [2.24, 2.45) is 5.41 Å². The molecule has 2 aliphatic rings. The molecule has 3 heteroatoms. The van der Waals surface area contributed by atoms with Crippen LogP contribution >= 0.6 is 15.9 Å². The van der Waals surface area contributed by atoms with Gasteiger partial charge < -0.3 is 5.32 Å². The molecule has 2 aromatic rings. The van der Waals surface area contributed by atoms with Gasteiger partial charge >= 0.3 is 0 Å². The lowest BCUT2D eigenvalue weighted by atomic mass is 9.67.